The average molecular weight is 616 g/mol. The van der Waals surface area contributed by atoms with Crippen LogP contribution in [-0.4, -0.2) is 15.0 Å². The minimum absolute atomic E-state index is 0.665. The second-order valence-corrected chi connectivity index (χ2v) is 13.0. The zero-order valence-electron chi connectivity index (χ0n) is 25.2. The maximum Gasteiger partial charge on any atom is 0.165 e. The minimum Gasteiger partial charge on any atom is -0.208 e. The number of rotatable bonds is 3. The lowest BCUT2D eigenvalue weighted by molar-refractivity contribution is 1.08. The molecule has 47 heavy (non-hydrogen) atoms. The number of fused-ring (bicyclic) bond motifs is 10. The third-order valence-electron chi connectivity index (χ3n) is 9.32. The first kappa shape index (κ1) is 26.3. The molecule has 0 spiro atoms. The average Bonchev–Trinajstić information content (AvgIpc) is 3.53. The number of benzene rings is 8. The Bertz CT molecular complexity index is 2850. The fourth-order valence-corrected chi connectivity index (χ4v) is 8.34. The van der Waals surface area contributed by atoms with E-state index in [1.165, 1.54) is 57.9 Å². The van der Waals surface area contributed by atoms with Crippen LogP contribution in [0.25, 0.3) is 97.4 Å². The van der Waals surface area contributed by atoms with E-state index in [2.05, 4.69) is 133 Å². The van der Waals surface area contributed by atoms with E-state index in [9.17, 15) is 0 Å². The van der Waals surface area contributed by atoms with E-state index in [0.717, 1.165) is 22.1 Å². The molecule has 0 radical (unpaired) electrons. The summed E-state index contributed by atoms with van der Waals surface area (Å²) in [6.07, 6.45) is 0. The number of nitrogens with zero attached hydrogens (tertiary/aromatic N) is 3. The van der Waals surface area contributed by atoms with Crippen LogP contribution in [0.3, 0.4) is 0 Å². The highest BCUT2D eigenvalue weighted by Crippen LogP contribution is 2.41. The number of thiophene rings is 1. The summed E-state index contributed by atoms with van der Waals surface area (Å²) in [5, 5.41) is 12.3. The molecule has 2 heterocycles. The normalized spacial score (nSPS) is 11.8. The van der Waals surface area contributed by atoms with E-state index < -0.39 is 0 Å². The van der Waals surface area contributed by atoms with Crippen LogP contribution >= 0.6 is 11.3 Å². The Hall–Kier alpha value is -5.97. The lowest BCUT2D eigenvalue weighted by Crippen LogP contribution is -2.00. The van der Waals surface area contributed by atoms with Gasteiger partial charge in [-0.25, -0.2) is 15.0 Å². The summed E-state index contributed by atoms with van der Waals surface area (Å²) in [6, 6.07) is 53.8. The summed E-state index contributed by atoms with van der Waals surface area (Å²) >= 11 is 1.79. The van der Waals surface area contributed by atoms with E-state index >= 15 is 0 Å². The molecule has 0 aliphatic heterocycles. The van der Waals surface area contributed by atoms with Crippen molar-refractivity contribution in [2.75, 3.05) is 0 Å². The molecule has 3 nitrogen and oxygen atoms in total. The lowest BCUT2D eigenvalue weighted by atomic mass is 9.92. The Labute approximate surface area is 274 Å². The molecule has 0 aliphatic rings. The third-order valence-corrected chi connectivity index (χ3v) is 10.5. The van der Waals surface area contributed by atoms with Crippen molar-refractivity contribution in [3.63, 3.8) is 0 Å². The molecule has 8 aromatic carbocycles. The molecule has 0 atom stereocenters. The van der Waals surface area contributed by atoms with Gasteiger partial charge in [0.05, 0.1) is 0 Å². The first-order valence-corrected chi connectivity index (χ1v) is 16.6. The predicted octanol–water partition coefficient (Wildman–Crippen LogP) is 11.9. The highest BCUT2D eigenvalue weighted by Gasteiger charge is 2.18. The van der Waals surface area contributed by atoms with Gasteiger partial charge in [-0.1, -0.05) is 140 Å². The van der Waals surface area contributed by atoms with Gasteiger partial charge >= 0.3 is 0 Å². The molecule has 218 valence electrons. The highest BCUT2D eigenvalue weighted by molar-refractivity contribution is 7.26. The van der Waals surface area contributed by atoms with Crippen LogP contribution in [0.15, 0.2) is 152 Å². The van der Waals surface area contributed by atoms with Gasteiger partial charge in [0, 0.05) is 36.9 Å². The van der Waals surface area contributed by atoms with E-state index in [1.807, 2.05) is 18.2 Å². The molecule has 0 aliphatic carbocycles. The van der Waals surface area contributed by atoms with Gasteiger partial charge in [-0.05, 0) is 55.2 Å². The van der Waals surface area contributed by atoms with Gasteiger partial charge in [-0.15, -0.1) is 11.3 Å². The molecule has 0 N–H and O–H groups in total. The van der Waals surface area contributed by atoms with Gasteiger partial charge < -0.3 is 0 Å². The summed E-state index contributed by atoms with van der Waals surface area (Å²) in [6.45, 7) is 0. The van der Waals surface area contributed by atoms with Crippen LogP contribution in [-0.2, 0) is 0 Å². The van der Waals surface area contributed by atoms with Crippen molar-refractivity contribution >= 4 is 74.6 Å². The summed E-state index contributed by atoms with van der Waals surface area (Å²) in [5.41, 5.74) is 2.98. The maximum absolute atomic E-state index is 5.24. The zero-order chi connectivity index (χ0) is 30.9. The smallest absolute Gasteiger partial charge is 0.165 e. The summed E-state index contributed by atoms with van der Waals surface area (Å²) in [7, 11) is 0. The SMILES string of the molecule is c1ccc(-c2nc(-c3cccc4c3ccc3ccc5c6ccccc6ccc5c34)nc(-c3cccc4c3sc3ccccc34)n2)cc1. The monoisotopic (exact) mass is 615 g/mol. The van der Waals surface area contributed by atoms with Gasteiger partial charge in [0.25, 0.3) is 0 Å². The highest BCUT2D eigenvalue weighted by atomic mass is 32.1. The van der Waals surface area contributed by atoms with Crippen molar-refractivity contribution in [2.45, 2.75) is 0 Å². The first-order chi connectivity index (χ1) is 23.3. The maximum atomic E-state index is 5.24. The Balaban J connectivity index is 1.26. The standard InChI is InChI=1S/C43H25N3S/c1-2-11-28(12-3-1)41-44-42(46-43(45-41)37-18-9-16-35-32-14-6-7-19-38(32)47-40(35)37)36-17-8-15-33-31(36)24-22-27-21-23-30-29-13-5-4-10-26(29)20-25-34(30)39(27)33/h1-25H. The van der Waals surface area contributed by atoms with Crippen LogP contribution in [0.5, 0.6) is 0 Å². The van der Waals surface area contributed by atoms with Gasteiger partial charge in [0.1, 0.15) is 0 Å². The Kier molecular flexibility index (Phi) is 5.74. The van der Waals surface area contributed by atoms with Crippen molar-refractivity contribution in [3.8, 4) is 34.2 Å². The molecule has 0 fully saturated rings. The fraction of sp³-hybridized carbons (Fsp3) is 0. The van der Waals surface area contributed by atoms with E-state index in [4.69, 9.17) is 15.0 Å². The fourth-order valence-electron chi connectivity index (χ4n) is 7.13. The molecule has 0 bridgehead atoms. The Morgan fingerprint density at radius 1 is 0.340 bits per heavy atom. The second-order valence-electron chi connectivity index (χ2n) is 12.0. The summed E-state index contributed by atoms with van der Waals surface area (Å²) in [4.78, 5) is 15.5. The van der Waals surface area contributed by atoms with Crippen molar-refractivity contribution in [1.29, 1.82) is 0 Å². The Morgan fingerprint density at radius 2 is 0.936 bits per heavy atom. The third kappa shape index (κ3) is 4.09. The van der Waals surface area contributed by atoms with E-state index in [1.54, 1.807) is 11.3 Å². The van der Waals surface area contributed by atoms with Crippen molar-refractivity contribution in [3.05, 3.63) is 152 Å². The number of hydrogen-bond donors (Lipinski definition) is 0. The molecular formula is C43H25N3S. The van der Waals surface area contributed by atoms with Gasteiger partial charge in [-0.2, -0.15) is 0 Å². The Morgan fingerprint density at radius 3 is 1.81 bits per heavy atom. The molecule has 4 heteroatoms. The van der Waals surface area contributed by atoms with Gasteiger partial charge in [0.15, 0.2) is 17.5 Å². The van der Waals surface area contributed by atoms with Crippen LogP contribution < -0.4 is 0 Å². The second kappa shape index (κ2) is 10.3. The predicted molar refractivity (Wildman–Crippen MR) is 199 cm³/mol. The number of aromatic nitrogens is 3. The van der Waals surface area contributed by atoms with Crippen molar-refractivity contribution in [1.82, 2.24) is 15.0 Å². The first-order valence-electron chi connectivity index (χ1n) is 15.8. The molecule has 0 saturated heterocycles. The molecule has 0 unspecified atom stereocenters. The molecule has 10 aromatic rings. The van der Waals surface area contributed by atoms with Crippen molar-refractivity contribution in [2.24, 2.45) is 0 Å². The van der Waals surface area contributed by atoms with Crippen LogP contribution in [0.2, 0.25) is 0 Å². The van der Waals surface area contributed by atoms with Crippen LogP contribution in [0.1, 0.15) is 0 Å². The molecular weight excluding hydrogens is 591 g/mol. The lowest BCUT2D eigenvalue weighted by Gasteiger charge is -2.13. The molecule has 10 rings (SSSR count). The zero-order valence-corrected chi connectivity index (χ0v) is 26.0. The van der Waals surface area contributed by atoms with Gasteiger partial charge in [-0.3, -0.25) is 0 Å². The van der Waals surface area contributed by atoms with E-state index in [0.29, 0.717) is 17.5 Å². The quantitative estimate of drug-likeness (QED) is 0.186. The number of hydrogen-bond acceptors (Lipinski definition) is 4. The minimum atomic E-state index is 0.665. The largest absolute Gasteiger partial charge is 0.208 e. The summed E-state index contributed by atoms with van der Waals surface area (Å²) in [5.74, 6) is 2.02. The molecule has 0 saturated carbocycles. The topological polar surface area (TPSA) is 38.7 Å². The molecule has 0 amide bonds. The van der Waals surface area contributed by atoms with Gasteiger partial charge in [0.2, 0.25) is 0 Å². The van der Waals surface area contributed by atoms with Crippen molar-refractivity contribution < 1.29 is 0 Å². The molecule has 2 aromatic heterocycles. The van der Waals surface area contributed by atoms with Crippen LogP contribution in [0, 0.1) is 0 Å². The van der Waals surface area contributed by atoms with Crippen LogP contribution in [0.4, 0.5) is 0 Å². The van der Waals surface area contributed by atoms with E-state index in [-0.39, 0.29) is 0 Å². The summed E-state index contributed by atoms with van der Waals surface area (Å²) < 4.78 is 2.45.